The second-order valence-corrected chi connectivity index (χ2v) is 5.17. The molecule has 0 aromatic rings. The van der Waals surface area contributed by atoms with Gasteiger partial charge in [-0.1, -0.05) is 42.1 Å². The summed E-state index contributed by atoms with van der Waals surface area (Å²) in [5, 5.41) is 1.16. The van der Waals surface area contributed by atoms with E-state index >= 15 is 0 Å². The lowest BCUT2D eigenvalue weighted by Gasteiger charge is -2.16. The zero-order valence-corrected chi connectivity index (χ0v) is 11.3. The lowest BCUT2D eigenvalue weighted by atomic mass is 9.92. The van der Waals surface area contributed by atoms with Crippen LogP contribution in [0, 0.1) is 5.92 Å². The van der Waals surface area contributed by atoms with Crippen LogP contribution in [-0.2, 0) is 0 Å². The van der Waals surface area contributed by atoms with E-state index in [1.165, 1.54) is 38.5 Å². The molecule has 0 aliphatic carbocycles. The van der Waals surface area contributed by atoms with E-state index in [1.54, 1.807) is 5.57 Å². The van der Waals surface area contributed by atoms with E-state index in [-0.39, 0.29) is 0 Å². The van der Waals surface area contributed by atoms with Gasteiger partial charge in [-0.2, -0.15) is 0 Å². The molecule has 0 aromatic carbocycles. The van der Waals surface area contributed by atoms with Crippen molar-refractivity contribution in [3.05, 3.63) is 11.8 Å². The van der Waals surface area contributed by atoms with Crippen LogP contribution in [0.15, 0.2) is 16.8 Å². The summed E-state index contributed by atoms with van der Waals surface area (Å²) >= 11 is 3.46. The quantitative estimate of drug-likeness (QED) is 0.470. The highest BCUT2D eigenvalue weighted by Crippen LogP contribution is 2.23. The number of allylic oxidation sites excluding steroid dienone is 1. The van der Waals surface area contributed by atoms with Crippen molar-refractivity contribution >= 4 is 22.1 Å². The Labute approximate surface area is 102 Å². The van der Waals surface area contributed by atoms with Crippen molar-refractivity contribution < 1.29 is 0 Å². The largest absolute Gasteiger partial charge is 0.269 e. The predicted molar refractivity (Wildman–Crippen MR) is 71.9 cm³/mol. The predicted octanol–water partition coefficient (Wildman–Crippen LogP) is 4.72. The summed E-state index contributed by atoms with van der Waals surface area (Å²) < 4.78 is 0. The lowest BCUT2D eigenvalue weighted by molar-refractivity contribution is 0.594. The van der Waals surface area contributed by atoms with Gasteiger partial charge >= 0.3 is 0 Å². The first kappa shape index (κ1) is 13.0. The molecule has 1 aliphatic heterocycles. The van der Waals surface area contributed by atoms with Crippen molar-refractivity contribution in [1.29, 1.82) is 0 Å². The minimum atomic E-state index is 0.727. The van der Waals surface area contributed by atoms with Gasteiger partial charge in [-0.15, -0.1) is 0 Å². The first-order valence-electron chi connectivity index (χ1n) is 6.11. The fourth-order valence-electron chi connectivity index (χ4n) is 1.91. The number of unbranched alkanes of at least 4 members (excludes halogenated alkanes) is 4. The van der Waals surface area contributed by atoms with Crippen LogP contribution in [0.2, 0.25) is 0 Å². The van der Waals surface area contributed by atoms with Crippen LogP contribution in [0.3, 0.4) is 0 Å². The summed E-state index contributed by atoms with van der Waals surface area (Å²) in [6.07, 6.45) is 13.3. The zero-order chi connectivity index (χ0) is 10.9. The Hall–Kier alpha value is -0.110. The molecule has 0 bridgehead atoms. The molecule has 1 rings (SSSR count). The van der Waals surface area contributed by atoms with Crippen LogP contribution in [0.1, 0.15) is 51.9 Å². The summed E-state index contributed by atoms with van der Waals surface area (Å²) in [5.41, 5.74) is 1.55. The molecule has 0 N–H and O–H groups in total. The van der Waals surface area contributed by atoms with Crippen molar-refractivity contribution in [3.8, 4) is 0 Å². The number of aliphatic imine (C=N–C) groups is 1. The zero-order valence-electron chi connectivity index (χ0n) is 9.71. The van der Waals surface area contributed by atoms with Gasteiger partial charge in [0.2, 0.25) is 0 Å². The number of alkyl halides is 1. The van der Waals surface area contributed by atoms with Gasteiger partial charge in [0.1, 0.15) is 0 Å². The molecule has 0 saturated heterocycles. The van der Waals surface area contributed by atoms with Crippen LogP contribution >= 0.6 is 15.9 Å². The summed E-state index contributed by atoms with van der Waals surface area (Å²) in [7, 11) is 0. The van der Waals surface area contributed by atoms with Crippen molar-refractivity contribution in [2.24, 2.45) is 10.9 Å². The Balaban J connectivity index is 2.04. The molecule has 2 heteroatoms. The van der Waals surface area contributed by atoms with Crippen LogP contribution in [0.4, 0.5) is 0 Å². The van der Waals surface area contributed by atoms with Crippen molar-refractivity contribution in [2.75, 3.05) is 5.33 Å². The lowest BCUT2D eigenvalue weighted by Crippen LogP contribution is -2.03. The highest BCUT2D eigenvalue weighted by atomic mass is 79.9. The van der Waals surface area contributed by atoms with E-state index < -0.39 is 0 Å². The van der Waals surface area contributed by atoms with Gasteiger partial charge in [0.15, 0.2) is 0 Å². The maximum absolute atomic E-state index is 4.24. The topological polar surface area (TPSA) is 12.4 Å². The molecule has 1 nitrogen and oxygen atoms in total. The number of rotatable bonds is 7. The first-order valence-corrected chi connectivity index (χ1v) is 7.23. The summed E-state index contributed by atoms with van der Waals surface area (Å²) in [5.74, 6) is 0.727. The van der Waals surface area contributed by atoms with E-state index in [0.29, 0.717) is 0 Å². The van der Waals surface area contributed by atoms with Crippen LogP contribution in [0.25, 0.3) is 0 Å². The summed E-state index contributed by atoms with van der Waals surface area (Å²) in [6.45, 7) is 2.31. The maximum atomic E-state index is 4.24. The van der Waals surface area contributed by atoms with Gasteiger partial charge in [0.05, 0.1) is 0 Å². The third-order valence-electron chi connectivity index (χ3n) is 3.04. The molecule has 1 aliphatic rings. The van der Waals surface area contributed by atoms with Gasteiger partial charge in [-0.05, 0) is 37.2 Å². The Morgan fingerprint density at radius 1 is 1.27 bits per heavy atom. The van der Waals surface area contributed by atoms with E-state index in [4.69, 9.17) is 0 Å². The average molecular weight is 272 g/mol. The SMILES string of the molecule is CC1CC=NC=C1CCCCCCCBr. The standard InChI is InChI=1S/C13H22BrN/c1-12-8-10-15-11-13(12)7-5-3-2-4-6-9-14/h10-12H,2-9H2,1H3. The normalized spacial score (nSPS) is 20.4. The third-order valence-corrected chi connectivity index (χ3v) is 3.60. The van der Waals surface area contributed by atoms with Gasteiger partial charge in [-0.25, -0.2) is 0 Å². The molecule has 86 valence electrons. The monoisotopic (exact) mass is 271 g/mol. The van der Waals surface area contributed by atoms with E-state index in [0.717, 1.165) is 17.7 Å². The van der Waals surface area contributed by atoms with E-state index in [1.807, 2.05) is 6.21 Å². The second-order valence-electron chi connectivity index (χ2n) is 4.38. The van der Waals surface area contributed by atoms with Gasteiger partial charge < -0.3 is 0 Å². The number of halogens is 1. The van der Waals surface area contributed by atoms with Crippen LogP contribution in [-0.4, -0.2) is 11.5 Å². The first-order chi connectivity index (χ1) is 7.34. The molecule has 0 radical (unpaired) electrons. The van der Waals surface area contributed by atoms with Crippen LogP contribution in [0.5, 0.6) is 0 Å². The Morgan fingerprint density at radius 3 is 2.73 bits per heavy atom. The van der Waals surface area contributed by atoms with Gasteiger partial charge in [0, 0.05) is 17.7 Å². The molecule has 15 heavy (non-hydrogen) atoms. The summed E-state index contributed by atoms with van der Waals surface area (Å²) in [6, 6.07) is 0. The maximum Gasteiger partial charge on any atom is 0.0258 e. The van der Waals surface area contributed by atoms with Crippen molar-refractivity contribution in [1.82, 2.24) is 0 Å². The minimum Gasteiger partial charge on any atom is -0.269 e. The molecule has 0 aromatic heterocycles. The smallest absolute Gasteiger partial charge is 0.0258 e. The van der Waals surface area contributed by atoms with E-state index in [9.17, 15) is 0 Å². The average Bonchev–Trinajstić information content (AvgIpc) is 2.25. The molecule has 1 unspecified atom stereocenters. The highest BCUT2D eigenvalue weighted by Gasteiger charge is 2.09. The number of nitrogens with zero attached hydrogens (tertiary/aromatic N) is 1. The molecule has 0 amide bonds. The molecular weight excluding hydrogens is 250 g/mol. The second kappa shape index (κ2) is 8.09. The Morgan fingerprint density at radius 2 is 2.00 bits per heavy atom. The molecular formula is C13H22BrN. The fraction of sp³-hybridized carbons (Fsp3) is 0.769. The number of hydrogen-bond donors (Lipinski definition) is 0. The van der Waals surface area contributed by atoms with Crippen molar-refractivity contribution in [3.63, 3.8) is 0 Å². The highest BCUT2D eigenvalue weighted by molar-refractivity contribution is 9.09. The molecule has 0 fully saturated rings. The molecule has 1 heterocycles. The van der Waals surface area contributed by atoms with Crippen LogP contribution < -0.4 is 0 Å². The van der Waals surface area contributed by atoms with Gasteiger partial charge in [-0.3, -0.25) is 4.99 Å². The minimum absolute atomic E-state index is 0.727. The van der Waals surface area contributed by atoms with E-state index in [2.05, 4.69) is 34.0 Å². The Bertz CT molecular complexity index is 221. The Kier molecular flexibility index (Phi) is 6.99. The van der Waals surface area contributed by atoms with Crippen molar-refractivity contribution in [2.45, 2.75) is 51.9 Å². The molecule has 0 saturated carbocycles. The number of hydrogen-bond acceptors (Lipinski definition) is 1. The third kappa shape index (κ3) is 5.50. The molecule has 1 atom stereocenters. The molecule has 0 spiro atoms. The van der Waals surface area contributed by atoms with Gasteiger partial charge in [0.25, 0.3) is 0 Å². The fourth-order valence-corrected chi connectivity index (χ4v) is 2.31. The summed E-state index contributed by atoms with van der Waals surface area (Å²) in [4.78, 5) is 4.24.